The molecule has 7 nitrogen and oxygen atoms in total. The topological polar surface area (TPSA) is 63.5 Å². The molecule has 0 amide bonds. The van der Waals surface area contributed by atoms with Crippen molar-refractivity contribution in [1.29, 1.82) is 0 Å². The maximum Gasteiger partial charge on any atom is 0.339 e. The van der Waals surface area contributed by atoms with E-state index in [0.717, 1.165) is 56.3 Å². The van der Waals surface area contributed by atoms with E-state index in [0.29, 0.717) is 12.2 Å². The van der Waals surface area contributed by atoms with Crippen molar-refractivity contribution in [3.63, 3.8) is 0 Å². The highest BCUT2D eigenvalue weighted by molar-refractivity contribution is 5.89. The Morgan fingerprint density at radius 2 is 1.97 bits per heavy atom. The fourth-order valence-corrected chi connectivity index (χ4v) is 3.80. The molecule has 0 unspecified atom stereocenters. The third kappa shape index (κ3) is 4.24. The van der Waals surface area contributed by atoms with Crippen molar-refractivity contribution < 1.29 is 9.53 Å². The van der Waals surface area contributed by atoms with Gasteiger partial charge in [0.1, 0.15) is 11.6 Å². The largest absolute Gasteiger partial charge is 0.462 e. The summed E-state index contributed by atoms with van der Waals surface area (Å²) < 4.78 is 7.22. The molecule has 1 fully saturated rings. The molecule has 0 spiro atoms. The predicted octanol–water partition coefficient (Wildman–Crippen LogP) is 2.86. The van der Waals surface area contributed by atoms with Gasteiger partial charge in [-0.2, -0.15) is 0 Å². The Kier molecular flexibility index (Phi) is 5.76. The lowest BCUT2D eigenvalue weighted by atomic mass is 10.2. The number of aryl methyl sites for hydroxylation is 1. The van der Waals surface area contributed by atoms with Gasteiger partial charge in [0.2, 0.25) is 0 Å². The molecule has 152 valence electrons. The predicted molar refractivity (Wildman–Crippen MR) is 113 cm³/mol. The van der Waals surface area contributed by atoms with E-state index in [2.05, 4.69) is 44.6 Å². The van der Waals surface area contributed by atoms with Crippen molar-refractivity contribution in [3.8, 4) is 0 Å². The number of carbonyl (C=O) groups excluding carboxylic acids is 1. The first kappa shape index (κ1) is 19.4. The molecule has 0 bridgehead atoms. The summed E-state index contributed by atoms with van der Waals surface area (Å²) >= 11 is 0. The van der Waals surface area contributed by atoms with Gasteiger partial charge in [0.25, 0.3) is 0 Å². The molecule has 1 aromatic carbocycles. The molecule has 1 aliphatic rings. The van der Waals surface area contributed by atoms with Gasteiger partial charge in [-0.3, -0.25) is 4.90 Å². The van der Waals surface area contributed by atoms with Crippen molar-refractivity contribution in [1.82, 2.24) is 19.4 Å². The number of pyridine rings is 1. The number of rotatable bonds is 5. The molecular formula is C22H27N5O2. The van der Waals surface area contributed by atoms with Crippen LogP contribution in [0.25, 0.3) is 11.0 Å². The van der Waals surface area contributed by atoms with Crippen LogP contribution in [0.4, 0.5) is 5.82 Å². The number of benzene rings is 1. The van der Waals surface area contributed by atoms with Gasteiger partial charge in [-0.15, -0.1) is 0 Å². The molecule has 3 aromatic rings. The lowest BCUT2D eigenvalue weighted by Crippen LogP contribution is -2.31. The Morgan fingerprint density at radius 1 is 1.10 bits per heavy atom. The van der Waals surface area contributed by atoms with Crippen LogP contribution in [0.3, 0.4) is 0 Å². The van der Waals surface area contributed by atoms with Crippen LogP contribution in [-0.2, 0) is 18.3 Å². The van der Waals surface area contributed by atoms with Crippen LogP contribution in [-0.4, -0.2) is 58.2 Å². The third-order valence-electron chi connectivity index (χ3n) is 5.42. The molecule has 3 heterocycles. The van der Waals surface area contributed by atoms with Gasteiger partial charge in [0.15, 0.2) is 0 Å². The number of imidazole rings is 1. The molecule has 29 heavy (non-hydrogen) atoms. The smallest absolute Gasteiger partial charge is 0.339 e. The van der Waals surface area contributed by atoms with E-state index in [1.165, 1.54) is 5.52 Å². The Bertz CT molecular complexity index is 983. The maximum atomic E-state index is 11.8. The Labute approximate surface area is 170 Å². The highest BCUT2D eigenvalue weighted by Crippen LogP contribution is 2.18. The summed E-state index contributed by atoms with van der Waals surface area (Å²) in [7, 11) is 2.09. The number of aromatic nitrogens is 3. The fourth-order valence-electron chi connectivity index (χ4n) is 3.80. The second-order valence-electron chi connectivity index (χ2n) is 7.32. The van der Waals surface area contributed by atoms with E-state index in [9.17, 15) is 4.79 Å². The number of hydrogen-bond donors (Lipinski definition) is 0. The van der Waals surface area contributed by atoms with Gasteiger partial charge in [0.05, 0.1) is 29.7 Å². The molecule has 0 saturated carbocycles. The van der Waals surface area contributed by atoms with E-state index in [4.69, 9.17) is 9.72 Å². The third-order valence-corrected chi connectivity index (χ3v) is 5.42. The van der Waals surface area contributed by atoms with Crippen molar-refractivity contribution in [2.45, 2.75) is 19.9 Å². The number of para-hydroxylation sites is 2. The van der Waals surface area contributed by atoms with Crippen molar-refractivity contribution in [2.24, 2.45) is 7.05 Å². The summed E-state index contributed by atoms with van der Waals surface area (Å²) in [6.07, 6.45) is 2.67. The summed E-state index contributed by atoms with van der Waals surface area (Å²) in [4.78, 5) is 25.8. The first-order valence-electron chi connectivity index (χ1n) is 10.2. The first-order valence-corrected chi connectivity index (χ1v) is 10.2. The van der Waals surface area contributed by atoms with Crippen LogP contribution in [0, 0.1) is 0 Å². The van der Waals surface area contributed by atoms with E-state index in [1.807, 2.05) is 12.1 Å². The maximum absolute atomic E-state index is 11.8. The molecule has 1 saturated heterocycles. The van der Waals surface area contributed by atoms with E-state index in [-0.39, 0.29) is 5.97 Å². The van der Waals surface area contributed by atoms with Gasteiger partial charge in [-0.05, 0) is 37.6 Å². The number of ether oxygens (including phenoxy) is 1. The van der Waals surface area contributed by atoms with Gasteiger partial charge in [0, 0.05) is 39.4 Å². The monoisotopic (exact) mass is 393 g/mol. The summed E-state index contributed by atoms with van der Waals surface area (Å²) in [6, 6.07) is 12.0. The quantitative estimate of drug-likeness (QED) is 0.621. The average molecular weight is 393 g/mol. The average Bonchev–Trinajstić information content (AvgIpc) is 2.90. The zero-order valence-corrected chi connectivity index (χ0v) is 17.0. The summed E-state index contributed by atoms with van der Waals surface area (Å²) in [5.41, 5.74) is 2.71. The van der Waals surface area contributed by atoms with Crippen molar-refractivity contribution in [2.75, 3.05) is 37.7 Å². The van der Waals surface area contributed by atoms with Crippen LogP contribution in [0.1, 0.15) is 29.5 Å². The molecule has 0 radical (unpaired) electrons. The minimum absolute atomic E-state index is 0.323. The minimum Gasteiger partial charge on any atom is -0.462 e. The zero-order valence-electron chi connectivity index (χ0n) is 17.0. The number of nitrogens with zero attached hydrogens (tertiary/aromatic N) is 5. The second kappa shape index (κ2) is 8.61. The zero-order chi connectivity index (χ0) is 20.2. The Hall–Kier alpha value is -2.93. The number of hydrogen-bond acceptors (Lipinski definition) is 6. The van der Waals surface area contributed by atoms with Crippen molar-refractivity contribution >= 4 is 22.8 Å². The highest BCUT2D eigenvalue weighted by atomic mass is 16.5. The minimum atomic E-state index is -0.323. The SMILES string of the molecule is CCOC(=O)c1ccc(N2CCCN(Cc3nc4ccccc4n3C)CC2)nc1. The van der Waals surface area contributed by atoms with Crippen LogP contribution >= 0.6 is 0 Å². The second-order valence-corrected chi connectivity index (χ2v) is 7.32. The van der Waals surface area contributed by atoms with Gasteiger partial charge < -0.3 is 14.2 Å². The van der Waals surface area contributed by atoms with Gasteiger partial charge in [-0.25, -0.2) is 14.8 Å². The number of anilines is 1. The molecule has 7 heteroatoms. The molecule has 0 N–H and O–H groups in total. The Morgan fingerprint density at radius 3 is 2.72 bits per heavy atom. The molecule has 2 aromatic heterocycles. The standard InChI is InChI=1S/C22H27N5O2/c1-3-29-22(28)17-9-10-20(23-15-17)27-12-6-11-26(13-14-27)16-21-24-18-7-4-5-8-19(18)25(21)2/h4-5,7-10,15H,3,6,11-14,16H2,1-2H3. The number of carbonyl (C=O) groups is 1. The number of esters is 1. The molecule has 0 atom stereocenters. The van der Waals surface area contributed by atoms with Crippen LogP contribution < -0.4 is 4.90 Å². The van der Waals surface area contributed by atoms with Crippen molar-refractivity contribution in [3.05, 3.63) is 54.0 Å². The summed E-state index contributed by atoms with van der Waals surface area (Å²) in [5, 5.41) is 0. The van der Waals surface area contributed by atoms with E-state index < -0.39 is 0 Å². The molecule has 0 aliphatic carbocycles. The Balaban J connectivity index is 1.40. The summed E-state index contributed by atoms with van der Waals surface area (Å²) in [5.74, 6) is 1.68. The highest BCUT2D eigenvalue weighted by Gasteiger charge is 2.19. The fraction of sp³-hybridized carbons (Fsp3) is 0.409. The molecule has 1 aliphatic heterocycles. The van der Waals surface area contributed by atoms with E-state index in [1.54, 1.807) is 19.2 Å². The normalized spacial score (nSPS) is 15.4. The van der Waals surface area contributed by atoms with E-state index >= 15 is 0 Å². The lowest BCUT2D eigenvalue weighted by molar-refractivity contribution is 0.0526. The molecule has 4 rings (SSSR count). The van der Waals surface area contributed by atoms with Gasteiger partial charge in [-0.1, -0.05) is 12.1 Å². The lowest BCUT2D eigenvalue weighted by Gasteiger charge is -2.22. The van der Waals surface area contributed by atoms with Gasteiger partial charge >= 0.3 is 5.97 Å². The van der Waals surface area contributed by atoms with Crippen LogP contribution in [0.5, 0.6) is 0 Å². The summed E-state index contributed by atoms with van der Waals surface area (Å²) in [6.45, 7) is 6.84. The van der Waals surface area contributed by atoms with Crippen LogP contribution in [0.2, 0.25) is 0 Å². The molecular weight excluding hydrogens is 366 g/mol. The number of fused-ring (bicyclic) bond motifs is 1. The first-order chi connectivity index (χ1) is 14.2. The van der Waals surface area contributed by atoms with Crippen LogP contribution in [0.15, 0.2) is 42.6 Å².